The van der Waals surface area contributed by atoms with Crippen molar-refractivity contribution in [3.05, 3.63) is 81.0 Å². The van der Waals surface area contributed by atoms with Gasteiger partial charge in [0.15, 0.2) is 4.96 Å². The second-order valence-electron chi connectivity index (χ2n) is 6.08. The van der Waals surface area contributed by atoms with Crippen LogP contribution in [0.1, 0.15) is 17.3 Å². The molecule has 146 valence electrons. The van der Waals surface area contributed by atoms with Crippen LogP contribution in [0, 0.1) is 0 Å². The second-order valence-corrected chi connectivity index (χ2v) is 7.32. The van der Waals surface area contributed by atoms with Crippen molar-refractivity contribution in [2.75, 3.05) is 11.9 Å². The van der Waals surface area contributed by atoms with Gasteiger partial charge in [0.25, 0.3) is 11.5 Å². The molecule has 0 spiro atoms. The van der Waals surface area contributed by atoms with Crippen LogP contribution < -0.4 is 15.6 Å². The molecule has 1 N–H and O–H groups in total. The van der Waals surface area contributed by atoms with Crippen molar-refractivity contribution >= 4 is 39.5 Å². The Hall–Kier alpha value is -3.16. The number of carbonyl (C=O) groups excluding carboxylic acids is 1. The maximum absolute atomic E-state index is 13.1. The van der Waals surface area contributed by atoms with Crippen molar-refractivity contribution in [2.45, 2.75) is 6.92 Å². The number of anilines is 1. The van der Waals surface area contributed by atoms with Crippen LogP contribution in [0.3, 0.4) is 0 Å². The van der Waals surface area contributed by atoms with Crippen molar-refractivity contribution in [1.82, 2.24) is 9.38 Å². The molecule has 0 unspecified atom stereocenters. The molecular formula is C21H16ClN3O3S. The zero-order chi connectivity index (χ0) is 20.4. The third kappa shape index (κ3) is 3.62. The molecule has 0 aliphatic carbocycles. The Morgan fingerprint density at radius 2 is 1.97 bits per heavy atom. The molecule has 4 aromatic rings. The quantitative estimate of drug-likeness (QED) is 0.501. The lowest BCUT2D eigenvalue weighted by molar-refractivity contribution is 0.102. The van der Waals surface area contributed by atoms with Crippen molar-refractivity contribution in [2.24, 2.45) is 0 Å². The smallest absolute Gasteiger partial charge is 0.271 e. The van der Waals surface area contributed by atoms with Gasteiger partial charge >= 0.3 is 0 Å². The van der Waals surface area contributed by atoms with E-state index in [1.165, 1.54) is 21.9 Å². The zero-order valence-corrected chi connectivity index (χ0v) is 17.0. The lowest BCUT2D eigenvalue weighted by atomic mass is 10.2. The first-order chi connectivity index (χ1) is 14.1. The van der Waals surface area contributed by atoms with E-state index in [2.05, 4.69) is 10.3 Å². The summed E-state index contributed by atoms with van der Waals surface area (Å²) < 4.78 is 6.94. The van der Waals surface area contributed by atoms with Gasteiger partial charge < -0.3 is 10.1 Å². The minimum atomic E-state index is -0.555. The summed E-state index contributed by atoms with van der Waals surface area (Å²) in [6.45, 7) is 2.31. The molecule has 29 heavy (non-hydrogen) atoms. The zero-order valence-electron chi connectivity index (χ0n) is 15.4. The number of nitrogens with one attached hydrogen (secondary N) is 1. The van der Waals surface area contributed by atoms with Crippen LogP contribution in [-0.2, 0) is 0 Å². The first kappa shape index (κ1) is 19.2. The van der Waals surface area contributed by atoms with E-state index in [9.17, 15) is 9.59 Å². The highest BCUT2D eigenvalue weighted by atomic mass is 35.5. The van der Waals surface area contributed by atoms with E-state index in [-0.39, 0.29) is 5.56 Å². The first-order valence-corrected chi connectivity index (χ1v) is 10.1. The standard InChI is InChI=1S/C21H16ClN3O3S/c1-2-28-18-10-6-5-9-16(18)24-19(26)14-11-23-21-25(20(14)27)17(12-29-21)13-7-3-4-8-15(13)22/h3-12H,2H2,1H3,(H,24,26). The molecule has 1 amide bonds. The van der Waals surface area contributed by atoms with Crippen molar-refractivity contribution in [1.29, 1.82) is 0 Å². The summed E-state index contributed by atoms with van der Waals surface area (Å²) in [6.07, 6.45) is 1.29. The molecule has 0 saturated carbocycles. The van der Waals surface area contributed by atoms with Gasteiger partial charge in [-0.1, -0.05) is 41.9 Å². The number of carbonyl (C=O) groups is 1. The monoisotopic (exact) mass is 425 g/mol. The molecule has 0 atom stereocenters. The number of halogens is 1. The molecule has 6 nitrogen and oxygen atoms in total. The Morgan fingerprint density at radius 1 is 1.21 bits per heavy atom. The molecule has 8 heteroatoms. The number of thiazole rings is 1. The molecule has 4 rings (SSSR count). The van der Waals surface area contributed by atoms with E-state index >= 15 is 0 Å². The second kappa shape index (κ2) is 8.06. The third-order valence-corrected chi connectivity index (χ3v) is 5.44. The minimum Gasteiger partial charge on any atom is -0.492 e. The predicted molar refractivity (Wildman–Crippen MR) is 115 cm³/mol. The largest absolute Gasteiger partial charge is 0.492 e. The molecule has 2 aromatic heterocycles. The van der Waals surface area contributed by atoms with Crippen LogP contribution in [0.4, 0.5) is 5.69 Å². The van der Waals surface area contributed by atoms with Crippen molar-refractivity contribution in [3.8, 4) is 17.0 Å². The van der Waals surface area contributed by atoms with E-state index in [1.807, 2.05) is 31.2 Å². The Labute approximate surface area is 175 Å². The maximum Gasteiger partial charge on any atom is 0.271 e. The van der Waals surface area contributed by atoms with Crippen LogP contribution in [0.2, 0.25) is 5.02 Å². The van der Waals surface area contributed by atoms with Gasteiger partial charge in [-0.05, 0) is 25.1 Å². The molecular weight excluding hydrogens is 410 g/mol. The highest BCUT2D eigenvalue weighted by molar-refractivity contribution is 7.15. The highest BCUT2D eigenvalue weighted by Crippen LogP contribution is 2.30. The molecule has 2 aromatic carbocycles. The molecule has 0 aliphatic heterocycles. The number of hydrogen-bond donors (Lipinski definition) is 1. The Balaban J connectivity index is 1.77. The third-order valence-electron chi connectivity index (χ3n) is 4.28. The summed E-state index contributed by atoms with van der Waals surface area (Å²) in [5, 5.41) is 5.06. The van der Waals surface area contributed by atoms with Gasteiger partial charge in [0, 0.05) is 22.2 Å². The molecule has 0 fully saturated rings. The highest BCUT2D eigenvalue weighted by Gasteiger charge is 2.19. The number of para-hydroxylation sites is 2. The average Bonchev–Trinajstić information content (AvgIpc) is 3.15. The number of benzene rings is 2. The lowest BCUT2D eigenvalue weighted by Crippen LogP contribution is -2.26. The number of hydrogen-bond acceptors (Lipinski definition) is 5. The molecule has 0 aliphatic rings. The number of aromatic nitrogens is 2. The van der Waals surface area contributed by atoms with Crippen LogP contribution in [0.25, 0.3) is 16.2 Å². The average molecular weight is 426 g/mol. The normalized spacial score (nSPS) is 10.8. The van der Waals surface area contributed by atoms with Crippen molar-refractivity contribution in [3.63, 3.8) is 0 Å². The summed E-state index contributed by atoms with van der Waals surface area (Å²) >= 11 is 7.61. The van der Waals surface area contributed by atoms with Gasteiger partial charge in [0.05, 0.1) is 18.0 Å². The van der Waals surface area contributed by atoms with Crippen LogP contribution in [0.15, 0.2) is 64.9 Å². The Morgan fingerprint density at radius 3 is 2.76 bits per heavy atom. The van der Waals surface area contributed by atoms with Crippen LogP contribution in [-0.4, -0.2) is 21.9 Å². The van der Waals surface area contributed by atoms with Crippen LogP contribution >= 0.6 is 22.9 Å². The number of fused-ring (bicyclic) bond motifs is 1. The predicted octanol–water partition coefficient (Wildman–Crippen LogP) is 4.73. The maximum atomic E-state index is 13.1. The van der Waals surface area contributed by atoms with Gasteiger partial charge in [-0.2, -0.15) is 0 Å². The number of amides is 1. The SMILES string of the molecule is CCOc1ccccc1NC(=O)c1cnc2scc(-c3ccccc3Cl)n2c1=O. The summed E-state index contributed by atoms with van der Waals surface area (Å²) in [5.41, 5.74) is 1.25. The van der Waals surface area contributed by atoms with Gasteiger partial charge in [-0.3, -0.25) is 14.0 Å². The fraction of sp³-hybridized carbons (Fsp3) is 0.0952. The Bertz CT molecular complexity index is 1270. The lowest BCUT2D eigenvalue weighted by Gasteiger charge is -2.11. The number of nitrogens with zero attached hydrogens (tertiary/aromatic N) is 2. The van der Waals surface area contributed by atoms with E-state index in [1.54, 1.807) is 29.6 Å². The number of ether oxygens (including phenoxy) is 1. The summed E-state index contributed by atoms with van der Waals surface area (Å²) in [6, 6.07) is 14.3. The van der Waals surface area contributed by atoms with Gasteiger partial charge in [0.2, 0.25) is 0 Å². The fourth-order valence-electron chi connectivity index (χ4n) is 2.95. The van der Waals surface area contributed by atoms with Gasteiger partial charge in [0.1, 0.15) is 11.3 Å². The molecule has 0 saturated heterocycles. The molecule has 0 bridgehead atoms. The minimum absolute atomic E-state index is 0.0690. The Kier molecular flexibility index (Phi) is 5.33. The van der Waals surface area contributed by atoms with Gasteiger partial charge in [-0.15, -0.1) is 11.3 Å². The first-order valence-electron chi connectivity index (χ1n) is 8.87. The molecule has 2 heterocycles. The topological polar surface area (TPSA) is 72.7 Å². The van der Waals surface area contributed by atoms with Gasteiger partial charge in [-0.25, -0.2) is 4.98 Å². The van der Waals surface area contributed by atoms with Crippen LogP contribution in [0.5, 0.6) is 5.75 Å². The van der Waals surface area contributed by atoms with E-state index in [0.717, 1.165) is 0 Å². The van der Waals surface area contributed by atoms with Crippen molar-refractivity contribution < 1.29 is 9.53 Å². The van der Waals surface area contributed by atoms with E-state index in [4.69, 9.17) is 16.3 Å². The molecule has 0 radical (unpaired) electrons. The van der Waals surface area contributed by atoms with E-state index in [0.29, 0.717) is 39.3 Å². The summed E-state index contributed by atoms with van der Waals surface area (Å²) in [5.74, 6) is -0.0230. The number of rotatable bonds is 5. The summed E-state index contributed by atoms with van der Waals surface area (Å²) in [7, 11) is 0. The van der Waals surface area contributed by atoms with E-state index < -0.39 is 11.5 Å². The fourth-order valence-corrected chi connectivity index (χ4v) is 4.03. The summed E-state index contributed by atoms with van der Waals surface area (Å²) in [4.78, 5) is 30.7.